The van der Waals surface area contributed by atoms with Crippen molar-refractivity contribution in [3.8, 4) is 5.75 Å². The number of hydrogen-bond donors (Lipinski definition) is 3. The fourth-order valence-electron chi connectivity index (χ4n) is 2.12. The van der Waals surface area contributed by atoms with Gasteiger partial charge in [0.25, 0.3) is 5.91 Å². The van der Waals surface area contributed by atoms with Crippen molar-refractivity contribution in [2.45, 2.75) is 9.96 Å². The van der Waals surface area contributed by atoms with E-state index in [9.17, 15) is 4.79 Å². The van der Waals surface area contributed by atoms with E-state index in [0.29, 0.717) is 16.5 Å². The highest BCUT2D eigenvalue weighted by Gasteiger charge is 2.35. The molecule has 0 radical (unpaired) electrons. The van der Waals surface area contributed by atoms with E-state index in [1.807, 2.05) is 0 Å². The molecule has 0 saturated heterocycles. The number of ether oxygens (including phenoxy) is 1. The first-order valence-electron chi connectivity index (χ1n) is 7.65. The minimum Gasteiger partial charge on any atom is -0.495 e. The summed E-state index contributed by atoms with van der Waals surface area (Å²) in [7, 11) is 1.52. The summed E-state index contributed by atoms with van der Waals surface area (Å²) < 4.78 is 3.32. The molecular weight excluding hydrogens is 488 g/mol. The van der Waals surface area contributed by atoms with Gasteiger partial charge in [0, 0.05) is 5.02 Å². The van der Waals surface area contributed by atoms with Gasteiger partial charge in [0.1, 0.15) is 11.9 Å². The molecule has 3 N–H and O–H groups in total. The maximum Gasteiger partial charge on any atom is 0.254 e. The van der Waals surface area contributed by atoms with Gasteiger partial charge in [-0.3, -0.25) is 4.79 Å². The van der Waals surface area contributed by atoms with Crippen molar-refractivity contribution in [2.75, 3.05) is 12.4 Å². The molecule has 1 amide bonds. The van der Waals surface area contributed by atoms with Gasteiger partial charge in [0.05, 0.1) is 23.4 Å². The number of nitrogens with one attached hydrogen (secondary N) is 3. The number of methoxy groups -OCH3 is 1. The predicted octanol–water partition coefficient (Wildman–Crippen LogP) is 5.41. The summed E-state index contributed by atoms with van der Waals surface area (Å²) in [5, 5.41) is 8.87. The van der Waals surface area contributed by atoms with Gasteiger partial charge in [0.15, 0.2) is 5.11 Å². The van der Waals surface area contributed by atoms with Gasteiger partial charge in [-0.25, -0.2) is 0 Å². The largest absolute Gasteiger partial charge is 0.495 e. The number of benzene rings is 2. The molecule has 1 atom stereocenters. The molecule has 0 aliphatic rings. The molecule has 0 fully saturated rings. The number of carbonyl (C=O) groups excluding carboxylic acids is 1. The maximum absolute atomic E-state index is 12.5. The normalized spacial score (nSPS) is 12.1. The standard InChI is InChI=1S/C17H14Cl5N3O2S/c1-27-13-5-3-2-4-12(13)23-16(28)25-15(17(20,21)22)24-14(26)10-7-6-9(18)8-11(10)19/h2-8,15H,1H3,(H,24,26)(H2,23,25,28)/t15-/m0/s1. The van der Waals surface area contributed by atoms with E-state index < -0.39 is 15.9 Å². The molecule has 0 unspecified atom stereocenters. The van der Waals surface area contributed by atoms with Crippen LogP contribution in [0.5, 0.6) is 5.75 Å². The Kier molecular flexibility index (Phi) is 8.30. The number of alkyl halides is 3. The highest BCUT2D eigenvalue weighted by molar-refractivity contribution is 7.80. The average Bonchev–Trinajstić information content (AvgIpc) is 2.60. The second kappa shape index (κ2) is 10.1. The molecule has 0 aliphatic carbocycles. The third kappa shape index (κ3) is 6.44. The van der Waals surface area contributed by atoms with Crippen LogP contribution < -0.4 is 20.7 Å². The van der Waals surface area contributed by atoms with Crippen molar-refractivity contribution >= 4 is 86.9 Å². The van der Waals surface area contributed by atoms with Crippen LogP contribution in [-0.2, 0) is 0 Å². The number of amides is 1. The lowest BCUT2D eigenvalue weighted by Crippen LogP contribution is -2.56. The third-order valence-corrected chi connectivity index (χ3v) is 4.83. The van der Waals surface area contributed by atoms with E-state index in [1.165, 1.54) is 25.3 Å². The van der Waals surface area contributed by atoms with Crippen molar-refractivity contribution in [1.29, 1.82) is 0 Å². The van der Waals surface area contributed by atoms with Crippen molar-refractivity contribution < 1.29 is 9.53 Å². The number of thiocarbonyl (C=S) groups is 1. The number of para-hydroxylation sites is 2. The van der Waals surface area contributed by atoms with E-state index >= 15 is 0 Å². The minimum absolute atomic E-state index is 0.100. The Morgan fingerprint density at radius 1 is 1.11 bits per heavy atom. The Balaban J connectivity index is 2.13. The molecule has 0 heterocycles. The van der Waals surface area contributed by atoms with Gasteiger partial charge >= 0.3 is 0 Å². The predicted molar refractivity (Wildman–Crippen MR) is 120 cm³/mol. The molecule has 2 rings (SSSR count). The molecule has 0 aliphatic heterocycles. The molecule has 5 nitrogen and oxygen atoms in total. The zero-order valence-corrected chi connectivity index (χ0v) is 18.8. The van der Waals surface area contributed by atoms with Gasteiger partial charge in [-0.1, -0.05) is 70.1 Å². The summed E-state index contributed by atoms with van der Waals surface area (Å²) in [5.41, 5.74) is 0.758. The van der Waals surface area contributed by atoms with E-state index in [-0.39, 0.29) is 15.7 Å². The molecular formula is C17H14Cl5N3O2S. The van der Waals surface area contributed by atoms with E-state index in [0.717, 1.165) is 0 Å². The SMILES string of the molecule is COc1ccccc1NC(=S)N[C@H](NC(=O)c1ccc(Cl)cc1Cl)C(Cl)(Cl)Cl. The minimum atomic E-state index is -1.92. The van der Waals surface area contributed by atoms with Gasteiger partial charge in [-0.05, 0) is 42.5 Å². The maximum atomic E-state index is 12.5. The van der Waals surface area contributed by atoms with Crippen LogP contribution >= 0.6 is 70.2 Å². The third-order valence-electron chi connectivity index (χ3n) is 3.41. The van der Waals surface area contributed by atoms with E-state index in [2.05, 4.69) is 16.0 Å². The van der Waals surface area contributed by atoms with Crippen LogP contribution in [0.25, 0.3) is 0 Å². The zero-order valence-electron chi connectivity index (χ0n) is 14.2. The average molecular weight is 502 g/mol. The van der Waals surface area contributed by atoms with Crippen molar-refractivity contribution in [3.05, 3.63) is 58.1 Å². The fourth-order valence-corrected chi connectivity index (χ4v) is 3.17. The number of hydrogen-bond acceptors (Lipinski definition) is 3. The summed E-state index contributed by atoms with van der Waals surface area (Å²) >= 11 is 35.1. The van der Waals surface area contributed by atoms with Crippen molar-refractivity contribution in [3.63, 3.8) is 0 Å². The molecule has 150 valence electrons. The Morgan fingerprint density at radius 3 is 2.39 bits per heavy atom. The van der Waals surface area contributed by atoms with E-state index in [4.69, 9.17) is 75.0 Å². The Bertz CT molecular complexity index is 876. The first-order valence-corrected chi connectivity index (χ1v) is 9.95. The van der Waals surface area contributed by atoms with Crippen LogP contribution in [-0.4, -0.2) is 28.1 Å². The van der Waals surface area contributed by atoms with Gasteiger partial charge in [-0.2, -0.15) is 0 Å². The van der Waals surface area contributed by atoms with Crippen LogP contribution in [0.2, 0.25) is 10.0 Å². The number of rotatable bonds is 5. The summed E-state index contributed by atoms with van der Waals surface area (Å²) in [6.07, 6.45) is -1.16. The van der Waals surface area contributed by atoms with E-state index in [1.54, 1.807) is 24.3 Å². The summed E-state index contributed by atoms with van der Waals surface area (Å²) in [6.45, 7) is 0. The Morgan fingerprint density at radius 2 is 1.79 bits per heavy atom. The summed E-state index contributed by atoms with van der Waals surface area (Å²) in [4.78, 5) is 12.5. The lowest BCUT2D eigenvalue weighted by Gasteiger charge is -2.28. The molecule has 11 heteroatoms. The van der Waals surface area contributed by atoms with Gasteiger partial charge in [0.2, 0.25) is 3.79 Å². The number of carbonyl (C=O) groups is 1. The van der Waals surface area contributed by atoms with Gasteiger partial charge < -0.3 is 20.7 Å². The number of anilines is 1. The first-order chi connectivity index (χ1) is 13.1. The van der Waals surface area contributed by atoms with Crippen LogP contribution in [0.3, 0.4) is 0 Å². The summed E-state index contributed by atoms with van der Waals surface area (Å²) in [5.74, 6) is -0.0142. The van der Waals surface area contributed by atoms with Crippen LogP contribution in [0.15, 0.2) is 42.5 Å². The molecule has 2 aromatic rings. The topological polar surface area (TPSA) is 62.4 Å². The quantitative estimate of drug-likeness (QED) is 0.290. The smallest absolute Gasteiger partial charge is 0.254 e. The van der Waals surface area contributed by atoms with Crippen LogP contribution in [0.1, 0.15) is 10.4 Å². The molecule has 0 saturated carbocycles. The molecule has 0 spiro atoms. The van der Waals surface area contributed by atoms with Crippen molar-refractivity contribution in [1.82, 2.24) is 10.6 Å². The van der Waals surface area contributed by atoms with Crippen molar-refractivity contribution in [2.24, 2.45) is 0 Å². The fraction of sp³-hybridized carbons (Fsp3) is 0.176. The molecule has 0 aromatic heterocycles. The highest BCUT2D eigenvalue weighted by atomic mass is 35.6. The number of halogens is 5. The van der Waals surface area contributed by atoms with Gasteiger partial charge in [-0.15, -0.1) is 0 Å². The Labute approximate surface area is 192 Å². The Hall–Kier alpha value is -1.15. The highest BCUT2D eigenvalue weighted by Crippen LogP contribution is 2.30. The summed E-state index contributed by atoms with van der Waals surface area (Å²) in [6, 6.07) is 11.5. The first kappa shape index (κ1) is 23.1. The molecule has 2 aromatic carbocycles. The zero-order chi connectivity index (χ0) is 20.9. The van der Waals surface area contributed by atoms with Crippen LogP contribution in [0, 0.1) is 0 Å². The lowest BCUT2D eigenvalue weighted by atomic mass is 10.2. The molecule has 0 bridgehead atoms. The van der Waals surface area contributed by atoms with Crippen LogP contribution in [0.4, 0.5) is 5.69 Å². The second-order valence-corrected chi connectivity index (χ2v) is 8.99. The lowest BCUT2D eigenvalue weighted by molar-refractivity contribution is 0.0934. The second-order valence-electron chi connectivity index (χ2n) is 5.37. The monoisotopic (exact) mass is 499 g/mol. The molecule has 28 heavy (non-hydrogen) atoms.